The Balaban J connectivity index is 2.09. The van der Waals surface area contributed by atoms with Crippen LogP contribution in [0.4, 0.5) is 0 Å². The van der Waals surface area contributed by atoms with Gasteiger partial charge in [0.05, 0.1) is 28.4 Å². The van der Waals surface area contributed by atoms with Gasteiger partial charge in [0.15, 0.2) is 0 Å². The second kappa shape index (κ2) is 7.28. The minimum Gasteiger partial charge on any atom is -0.487 e. The number of hydrogen-bond donors (Lipinski definition) is 0. The highest BCUT2D eigenvalue weighted by atomic mass is 79.9. The number of ether oxygens (including phenoxy) is 1. The molecule has 0 spiro atoms. The van der Waals surface area contributed by atoms with Crippen molar-refractivity contribution < 1.29 is 4.74 Å². The Morgan fingerprint density at radius 2 is 2.00 bits per heavy atom. The molecule has 0 aliphatic rings. The molecule has 0 atom stereocenters. The smallest absolute Gasteiger partial charge is 0.131 e. The normalized spacial score (nSPS) is 10.4. The van der Waals surface area contributed by atoms with E-state index in [1.54, 1.807) is 0 Å². The van der Waals surface area contributed by atoms with Crippen molar-refractivity contribution in [3.63, 3.8) is 0 Å². The maximum Gasteiger partial charge on any atom is 0.131 e. The molecule has 0 amide bonds. The quantitative estimate of drug-likeness (QED) is 0.796. The SMILES string of the molecule is CCc1nn(CC)c(COc2ccc(CC#N)cc2)c1Br. The maximum absolute atomic E-state index is 8.66. The Morgan fingerprint density at radius 3 is 2.57 bits per heavy atom. The molecule has 110 valence electrons. The number of rotatable bonds is 6. The molecule has 0 saturated heterocycles. The Kier molecular flexibility index (Phi) is 5.40. The Bertz CT molecular complexity index is 641. The highest BCUT2D eigenvalue weighted by Crippen LogP contribution is 2.24. The van der Waals surface area contributed by atoms with Gasteiger partial charge in [-0.25, -0.2) is 0 Å². The molecule has 0 radical (unpaired) electrons. The van der Waals surface area contributed by atoms with Gasteiger partial charge in [-0.05, 0) is 47.0 Å². The minimum absolute atomic E-state index is 0.425. The molecule has 0 unspecified atom stereocenters. The van der Waals surface area contributed by atoms with Gasteiger partial charge in [0.1, 0.15) is 12.4 Å². The average Bonchev–Trinajstić information content (AvgIpc) is 2.82. The molecule has 0 aliphatic carbocycles. The van der Waals surface area contributed by atoms with Gasteiger partial charge in [-0.15, -0.1) is 0 Å². The van der Waals surface area contributed by atoms with Crippen LogP contribution in [0.25, 0.3) is 0 Å². The lowest BCUT2D eigenvalue weighted by atomic mass is 10.2. The highest BCUT2D eigenvalue weighted by Gasteiger charge is 2.14. The summed E-state index contributed by atoms with van der Waals surface area (Å²) in [5, 5.41) is 13.2. The number of aromatic nitrogens is 2. The molecule has 0 aliphatic heterocycles. The van der Waals surface area contributed by atoms with Crippen LogP contribution in [0.15, 0.2) is 28.7 Å². The van der Waals surface area contributed by atoms with Gasteiger partial charge in [0.2, 0.25) is 0 Å². The van der Waals surface area contributed by atoms with Crippen LogP contribution >= 0.6 is 15.9 Å². The predicted molar refractivity (Wildman–Crippen MR) is 85.1 cm³/mol. The maximum atomic E-state index is 8.66. The van der Waals surface area contributed by atoms with Gasteiger partial charge >= 0.3 is 0 Å². The second-order valence-electron chi connectivity index (χ2n) is 4.64. The van der Waals surface area contributed by atoms with Crippen molar-refractivity contribution in [3.05, 3.63) is 45.7 Å². The van der Waals surface area contributed by atoms with E-state index in [0.29, 0.717) is 13.0 Å². The molecule has 2 rings (SSSR count). The molecule has 0 N–H and O–H groups in total. The van der Waals surface area contributed by atoms with Crippen molar-refractivity contribution in [3.8, 4) is 11.8 Å². The van der Waals surface area contributed by atoms with E-state index in [2.05, 4.69) is 40.9 Å². The van der Waals surface area contributed by atoms with Crippen molar-refractivity contribution >= 4 is 15.9 Å². The lowest BCUT2D eigenvalue weighted by Crippen LogP contribution is -2.06. The fraction of sp³-hybridized carbons (Fsp3) is 0.375. The van der Waals surface area contributed by atoms with Gasteiger partial charge in [0.25, 0.3) is 0 Å². The highest BCUT2D eigenvalue weighted by molar-refractivity contribution is 9.10. The topological polar surface area (TPSA) is 50.8 Å². The first kappa shape index (κ1) is 15.6. The Labute approximate surface area is 133 Å². The molecule has 1 heterocycles. The zero-order chi connectivity index (χ0) is 15.2. The summed E-state index contributed by atoms with van der Waals surface area (Å²) in [6, 6.07) is 9.77. The third kappa shape index (κ3) is 3.64. The van der Waals surface area contributed by atoms with Gasteiger partial charge < -0.3 is 4.74 Å². The van der Waals surface area contributed by atoms with E-state index >= 15 is 0 Å². The molecule has 5 heteroatoms. The first-order chi connectivity index (χ1) is 10.2. The van der Waals surface area contributed by atoms with Crippen molar-refractivity contribution in [1.82, 2.24) is 9.78 Å². The molecule has 1 aromatic heterocycles. The minimum atomic E-state index is 0.425. The largest absolute Gasteiger partial charge is 0.487 e. The summed E-state index contributed by atoms with van der Waals surface area (Å²) >= 11 is 3.61. The molecule has 0 bridgehead atoms. The molecule has 4 nitrogen and oxygen atoms in total. The zero-order valence-corrected chi connectivity index (χ0v) is 13.9. The summed E-state index contributed by atoms with van der Waals surface area (Å²) in [6.07, 6.45) is 1.32. The van der Waals surface area contributed by atoms with Crippen LogP contribution < -0.4 is 4.74 Å². The zero-order valence-electron chi connectivity index (χ0n) is 12.3. The monoisotopic (exact) mass is 347 g/mol. The summed E-state index contributed by atoms with van der Waals surface area (Å²) in [6.45, 7) is 5.45. The lowest BCUT2D eigenvalue weighted by molar-refractivity contribution is 0.291. The fourth-order valence-electron chi connectivity index (χ4n) is 2.10. The van der Waals surface area contributed by atoms with Crippen LogP contribution in [0.2, 0.25) is 0 Å². The third-order valence-electron chi connectivity index (χ3n) is 3.28. The molecule has 1 aromatic carbocycles. The van der Waals surface area contributed by atoms with Gasteiger partial charge in [-0.2, -0.15) is 10.4 Å². The van der Waals surface area contributed by atoms with Crippen molar-refractivity contribution in [2.24, 2.45) is 0 Å². The van der Waals surface area contributed by atoms with Crippen molar-refractivity contribution in [2.45, 2.75) is 39.8 Å². The van der Waals surface area contributed by atoms with Gasteiger partial charge in [-0.3, -0.25) is 4.68 Å². The third-order valence-corrected chi connectivity index (χ3v) is 4.19. The van der Waals surface area contributed by atoms with E-state index in [0.717, 1.165) is 40.1 Å². The van der Waals surface area contributed by atoms with Crippen LogP contribution in [0, 0.1) is 11.3 Å². The summed E-state index contributed by atoms with van der Waals surface area (Å²) in [4.78, 5) is 0. The van der Waals surface area contributed by atoms with E-state index in [-0.39, 0.29) is 0 Å². The number of nitrogens with zero attached hydrogens (tertiary/aromatic N) is 3. The number of benzene rings is 1. The van der Waals surface area contributed by atoms with E-state index in [9.17, 15) is 0 Å². The van der Waals surface area contributed by atoms with Crippen molar-refractivity contribution in [1.29, 1.82) is 5.26 Å². The van der Waals surface area contributed by atoms with Crippen LogP contribution in [0.1, 0.15) is 30.8 Å². The molecular weight excluding hydrogens is 330 g/mol. The number of nitriles is 1. The van der Waals surface area contributed by atoms with E-state index < -0.39 is 0 Å². The molecule has 0 saturated carbocycles. The Morgan fingerprint density at radius 1 is 1.29 bits per heavy atom. The number of halogens is 1. The summed E-state index contributed by atoms with van der Waals surface area (Å²) < 4.78 is 8.83. The van der Waals surface area contributed by atoms with Gasteiger partial charge in [0, 0.05) is 6.54 Å². The molecule has 0 fully saturated rings. The predicted octanol–water partition coefficient (Wildman–Crippen LogP) is 3.87. The van der Waals surface area contributed by atoms with Crippen LogP contribution in [0.5, 0.6) is 5.75 Å². The summed E-state index contributed by atoms with van der Waals surface area (Å²) in [5.41, 5.74) is 3.10. The van der Waals surface area contributed by atoms with Crippen LogP contribution in [-0.4, -0.2) is 9.78 Å². The first-order valence-electron chi connectivity index (χ1n) is 7.02. The van der Waals surface area contributed by atoms with Crippen LogP contribution in [0.3, 0.4) is 0 Å². The molecule has 21 heavy (non-hydrogen) atoms. The fourth-order valence-corrected chi connectivity index (χ4v) is 2.78. The summed E-state index contributed by atoms with van der Waals surface area (Å²) in [5.74, 6) is 0.797. The van der Waals surface area contributed by atoms with E-state index in [1.807, 2.05) is 28.9 Å². The first-order valence-corrected chi connectivity index (χ1v) is 7.81. The second-order valence-corrected chi connectivity index (χ2v) is 5.44. The van der Waals surface area contributed by atoms with Crippen LogP contribution in [-0.2, 0) is 26.0 Å². The van der Waals surface area contributed by atoms with E-state index in [4.69, 9.17) is 10.00 Å². The lowest BCUT2D eigenvalue weighted by Gasteiger charge is -2.08. The number of aryl methyl sites for hydroxylation is 2. The average molecular weight is 348 g/mol. The Hall–Kier alpha value is -1.80. The van der Waals surface area contributed by atoms with E-state index in [1.165, 1.54) is 0 Å². The molecular formula is C16H18BrN3O. The standard InChI is InChI=1S/C16H18BrN3O/c1-3-14-16(17)15(20(4-2)19-14)11-21-13-7-5-12(6-8-13)9-10-18/h5-8H,3-4,9,11H2,1-2H3. The number of hydrogen-bond acceptors (Lipinski definition) is 3. The van der Waals surface area contributed by atoms with Crippen molar-refractivity contribution in [2.75, 3.05) is 0 Å². The van der Waals surface area contributed by atoms with Gasteiger partial charge in [-0.1, -0.05) is 19.1 Å². The summed E-state index contributed by atoms with van der Waals surface area (Å²) in [7, 11) is 0. The molecule has 2 aromatic rings.